The second kappa shape index (κ2) is 4.94. The lowest BCUT2D eigenvalue weighted by atomic mass is 10.1. The van der Waals surface area contributed by atoms with Crippen LogP contribution in [0.5, 0.6) is 5.75 Å². The molecule has 0 saturated carbocycles. The highest BCUT2D eigenvalue weighted by atomic mass is 35.5. The summed E-state index contributed by atoms with van der Waals surface area (Å²) >= 11 is 5.82. The SMILES string of the molecule is CCOc1c(Cl)cc([N+](=O)[O-])cc1C(C)=O. The molecular weight excluding hydrogens is 234 g/mol. The van der Waals surface area contributed by atoms with Crippen LogP contribution in [0.4, 0.5) is 5.69 Å². The average Bonchev–Trinajstić information content (AvgIpc) is 2.20. The van der Waals surface area contributed by atoms with Gasteiger partial charge in [0.05, 0.1) is 22.1 Å². The zero-order chi connectivity index (χ0) is 12.3. The van der Waals surface area contributed by atoms with Crippen molar-refractivity contribution in [3.8, 4) is 5.75 Å². The molecule has 0 unspecified atom stereocenters. The minimum absolute atomic E-state index is 0.0706. The number of carbonyl (C=O) groups excluding carboxylic acids is 1. The van der Waals surface area contributed by atoms with Gasteiger partial charge >= 0.3 is 0 Å². The predicted molar refractivity (Wildman–Crippen MR) is 59.3 cm³/mol. The van der Waals surface area contributed by atoms with E-state index in [2.05, 4.69) is 0 Å². The summed E-state index contributed by atoms with van der Waals surface area (Å²) in [5, 5.41) is 10.7. The second-order valence-corrected chi connectivity index (χ2v) is 3.46. The lowest BCUT2D eigenvalue weighted by Gasteiger charge is -2.09. The molecule has 0 heterocycles. The Bertz CT molecular complexity index is 445. The Hall–Kier alpha value is -1.62. The molecule has 6 heteroatoms. The summed E-state index contributed by atoms with van der Waals surface area (Å²) in [7, 11) is 0. The Morgan fingerprint density at radius 2 is 2.19 bits per heavy atom. The van der Waals surface area contributed by atoms with Crippen LogP contribution in [-0.2, 0) is 0 Å². The van der Waals surface area contributed by atoms with Crippen LogP contribution in [0, 0.1) is 10.1 Å². The van der Waals surface area contributed by atoms with Crippen LogP contribution in [0.3, 0.4) is 0 Å². The van der Waals surface area contributed by atoms with Crippen molar-refractivity contribution >= 4 is 23.1 Å². The van der Waals surface area contributed by atoms with Crippen molar-refractivity contribution in [3.63, 3.8) is 0 Å². The topological polar surface area (TPSA) is 69.4 Å². The van der Waals surface area contributed by atoms with Crippen molar-refractivity contribution in [3.05, 3.63) is 32.8 Å². The van der Waals surface area contributed by atoms with Crippen LogP contribution in [0.15, 0.2) is 12.1 Å². The third kappa shape index (κ3) is 2.49. The first kappa shape index (κ1) is 12.4. The Labute approximate surface area is 97.1 Å². The van der Waals surface area contributed by atoms with Crippen LogP contribution in [0.1, 0.15) is 24.2 Å². The second-order valence-electron chi connectivity index (χ2n) is 3.05. The number of carbonyl (C=O) groups is 1. The highest BCUT2D eigenvalue weighted by Crippen LogP contribution is 2.33. The van der Waals surface area contributed by atoms with Crippen molar-refractivity contribution in [1.82, 2.24) is 0 Å². The minimum Gasteiger partial charge on any atom is -0.492 e. The van der Waals surface area contributed by atoms with Gasteiger partial charge in [0.15, 0.2) is 5.78 Å². The summed E-state index contributed by atoms with van der Waals surface area (Å²) in [5.74, 6) is -0.128. The quantitative estimate of drug-likeness (QED) is 0.463. The number of nitro benzene ring substituents is 1. The highest BCUT2D eigenvalue weighted by Gasteiger charge is 2.19. The molecule has 5 nitrogen and oxygen atoms in total. The molecule has 0 spiro atoms. The molecule has 1 aromatic carbocycles. The van der Waals surface area contributed by atoms with Crippen molar-refractivity contribution < 1.29 is 14.5 Å². The third-order valence-corrected chi connectivity index (χ3v) is 2.19. The number of halogens is 1. The third-order valence-electron chi connectivity index (χ3n) is 1.91. The molecule has 86 valence electrons. The van der Waals surface area contributed by atoms with Gasteiger partial charge < -0.3 is 4.74 Å². The molecule has 0 fully saturated rings. The van der Waals surface area contributed by atoms with Crippen LogP contribution >= 0.6 is 11.6 Å². The lowest BCUT2D eigenvalue weighted by molar-refractivity contribution is -0.384. The number of nitro groups is 1. The molecule has 0 aliphatic heterocycles. The fraction of sp³-hybridized carbons (Fsp3) is 0.300. The van der Waals surface area contributed by atoms with Crippen molar-refractivity contribution in [2.45, 2.75) is 13.8 Å². The number of rotatable bonds is 4. The first-order chi connectivity index (χ1) is 7.47. The van der Waals surface area contributed by atoms with Crippen molar-refractivity contribution in [2.24, 2.45) is 0 Å². The number of hydrogen-bond acceptors (Lipinski definition) is 4. The van der Waals surface area contributed by atoms with E-state index in [1.165, 1.54) is 19.1 Å². The molecule has 16 heavy (non-hydrogen) atoms. The fourth-order valence-electron chi connectivity index (χ4n) is 1.24. The first-order valence-corrected chi connectivity index (χ1v) is 4.96. The standard InChI is InChI=1S/C10H10ClNO4/c1-3-16-10-8(6(2)13)4-7(12(14)15)5-9(10)11/h4-5H,3H2,1-2H3. The molecule has 0 aromatic heterocycles. The maximum absolute atomic E-state index is 11.3. The van der Waals surface area contributed by atoms with E-state index in [0.29, 0.717) is 6.61 Å². The number of benzene rings is 1. The van der Waals surface area contributed by atoms with E-state index in [1.54, 1.807) is 6.92 Å². The van der Waals surface area contributed by atoms with Crippen molar-refractivity contribution in [2.75, 3.05) is 6.61 Å². The Balaban J connectivity index is 3.39. The maximum Gasteiger partial charge on any atom is 0.271 e. The van der Waals surface area contributed by atoms with Gasteiger partial charge in [0.25, 0.3) is 5.69 Å². The molecule has 0 N–H and O–H groups in total. The van der Waals surface area contributed by atoms with Crippen LogP contribution in [-0.4, -0.2) is 17.3 Å². The van der Waals surface area contributed by atoms with Gasteiger partial charge in [-0.05, 0) is 13.8 Å². The van der Waals surface area contributed by atoms with Gasteiger partial charge in [0.1, 0.15) is 5.75 Å². The summed E-state index contributed by atoms with van der Waals surface area (Å²) in [6.45, 7) is 3.37. The molecule has 0 atom stereocenters. The molecule has 0 bridgehead atoms. The van der Waals surface area contributed by atoms with Gasteiger partial charge in [-0.2, -0.15) is 0 Å². The number of non-ortho nitro benzene ring substituents is 1. The number of nitrogens with zero attached hydrogens (tertiary/aromatic N) is 1. The largest absolute Gasteiger partial charge is 0.492 e. The molecule has 0 radical (unpaired) electrons. The molecule has 0 aliphatic carbocycles. The van der Waals surface area contributed by atoms with E-state index < -0.39 is 4.92 Å². The monoisotopic (exact) mass is 243 g/mol. The zero-order valence-corrected chi connectivity index (χ0v) is 9.58. The van der Waals surface area contributed by atoms with E-state index in [-0.39, 0.29) is 27.8 Å². The van der Waals surface area contributed by atoms with E-state index >= 15 is 0 Å². The normalized spacial score (nSPS) is 9.94. The predicted octanol–water partition coefficient (Wildman–Crippen LogP) is 2.85. The van der Waals surface area contributed by atoms with E-state index in [9.17, 15) is 14.9 Å². The van der Waals surface area contributed by atoms with Gasteiger partial charge in [-0.15, -0.1) is 0 Å². The minimum atomic E-state index is -0.603. The Morgan fingerprint density at radius 3 is 2.62 bits per heavy atom. The number of ether oxygens (including phenoxy) is 1. The summed E-state index contributed by atoms with van der Waals surface area (Å²) in [4.78, 5) is 21.3. The summed E-state index contributed by atoms with van der Waals surface area (Å²) in [5.41, 5.74) is -0.0975. The molecule has 1 rings (SSSR count). The van der Waals surface area contributed by atoms with E-state index in [4.69, 9.17) is 16.3 Å². The van der Waals surface area contributed by atoms with E-state index in [1.807, 2.05) is 0 Å². The van der Waals surface area contributed by atoms with Gasteiger partial charge in [-0.1, -0.05) is 11.6 Å². The summed E-state index contributed by atoms with van der Waals surface area (Å²) in [6.07, 6.45) is 0. The lowest BCUT2D eigenvalue weighted by Crippen LogP contribution is -2.03. The number of ketones is 1. The number of Topliss-reactive ketones (excluding diaryl/α,β-unsaturated/α-hetero) is 1. The highest BCUT2D eigenvalue weighted by molar-refractivity contribution is 6.33. The number of hydrogen-bond donors (Lipinski definition) is 0. The molecule has 0 aliphatic rings. The van der Waals surface area contributed by atoms with Gasteiger partial charge in [0, 0.05) is 12.1 Å². The van der Waals surface area contributed by atoms with Gasteiger partial charge in [0.2, 0.25) is 0 Å². The smallest absolute Gasteiger partial charge is 0.271 e. The van der Waals surface area contributed by atoms with Gasteiger partial charge in [-0.25, -0.2) is 0 Å². The van der Waals surface area contributed by atoms with Crippen LogP contribution in [0.2, 0.25) is 5.02 Å². The molecule has 0 saturated heterocycles. The summed E-state index contributed by atoms with van der Waals surface area (Å²) < 4.78 is 5.19. The Kier molecular flexibility index (Phi) is 3.84. The molecular formula is C10H10ClNO4. The maximum atomic E-state index is 11.3. The van der Waals surface area contributed by atoms with Crippen LogP contribution < -0.4 is 4.74 Å². The Morgan fingerprint density at radius 1 is 1.56 bits per heavy atom. The fourth-order valence-corrected chi connectivity index (χ4v) is 1.51. The molecule has 0 amide bonds. The zero-order valence-electron chi connectivity index (χ0n) is 8.82. The summed E-state index contributed by atoms with van der Waals surface area (Å²) in [6, 6.07) is 2.33. The first-order valence-electron chi connectivity index (χ1n) is 4.59. The molecule has 1 aromatic rings. The van der Waals surface area contributed by atoms with Crippen LogP contribution in [0.25, 0.3) is 0 Å². The van der Waals surface area contributed by atoms with Gasteiger partial charge in [-0.3, -0.25) is 14.9 Å². The van der Waals surface area contributed by atoms with Crippen molar-refractivity contribution in [1.29, 1.82) is 0 Å². The van der Waals surface area contributed by atoms with E-state index in [0.717, 1.165) is 0 Å². The average molecular weight is 244 g/mol.